The number of benzene rings is 4. The normalized spacial score (nSPS) is 10.3. The molecule has 4 aromatic carbocycles. The van der Waals surface area contributed by atoms with Crippen LogP contribution in [0, 0.1) is 0 Å². The second-order valence-corrected chi connectivity index (χ2v) is 6.11. The van der Waals surface area contributed by atoms with Gasteiger partial charge in [0.15, 0.2) is 0 Å². The SMILES string of the molecule is c1ccc(Nc2ccccc2Nc2cccc(-c3ccccc3)c2)cc1. The lowest BCUT2D eigenvalue weighted by molar-refractivity contribution is 1.50. The average Bonchev–Trinajstić information content (AvgIpc) is 2.71. The maximum atomic E-state index is 3.54. The van der Waals surface area contributed by atoms with E-state index in [2.05, 4.69) is 83.4 Å². The van der Waals surface area contributed by atoms with Gasteiger partial charge in [0.25, 0.3) is 0 Å². The van der Waals surface area contributed by atoms with Crippen molar-refractivity contribution in [3.63, 3.8) is 0 Å². The van der Waals surface area contributed by atoms with E-state index >= 15 is 0 Å². The van der Waals surface area contributed by atoms with E-state index in [0.29, 0.717) is 0 Å². The fourth-order valence-electron chi connectivity index (χ4n) is 2.94. The molecule has 0 fully saturated rings. The van der Waals surface area contributed by atoms with Crippen molar-refractivity contribution in [2.24, 2.45) is 0 Å². The van der Waals surface area contributed by atoms with E-state index in [1.54, 1.807) is 0 Å². The molecule has 4 rings (SSSR count). The van der Waals surface area contributed by atoms with Crippen LogP contribution in [-0.4, -0.2) is 0 Å². The van der Waals surface area contributed by atoms with Gasteiger partial charge in [0.05, 0.1) is 11.4 Å². The lowest BCUT2D eigenvalue weighted by atomic mass is 10.1. The van der Waals surface area contributed by atoms with Crippen molar-refractivity contribution in [1.29, 1.82) is 0 Å². The highest BCUT2D eigenvalue weighted by Crippen LogP contribution is 2.30. The zero-order valence-corrected chi connectivity index (χ0v) is 14.4. The van der Waals surface area contributed by atoms with Crippen LogP contribution in [0.15, 0.2) is 109 Å². The van der Waals surface area contributed by atoms with E-state index in [-0.39, 0.29) is 0 Å². The van der Waals surface area contributed by atoms with Crippen molar-refractivity contribution in [2.45, 2.75) is 0 Å². The zero-order chi connectivity index (χ0) is 17.6. The lowest BCUT2D eigenvalue weighted by Crippen LogP contribution is -1.97. The number of rotatable bonds is 5. The third kappa shape index (κ3) is 3.76. The molecule has 0 saturated heterocycles. The summed E-state index contributed by atoms with van der Waals surface area (Å²) < 4.78 is 0. The molecular weight excluding hydrogens is 316 g/mol. The predicted molar refractivity (Wildman–Crippen MR) is 111 cm³/mol. The number of nitrogens with one attached hydrogen (secondary N) is 2. The van der Waals surface area contributed by atoms with Gasteiger partial charge >= 0.3 is 0 Å². The van der Waals surface area contributed by atoms with Crippen LogP contribution in [0.3, 0.4) is 0 Å². The van der Waals surface area contributed by atoms with Crippen LogP contribution >= 0.6 is 0 Å². The predicted octanol–water partition coefficient (Wildman–Crippen LogP) is 6.84. The van der Waals surface area contributed by atoms with E-state index in [4.69, 9.17) is 0 Å². The topological polar surface area (TPSA) is 24.1 Å². The van der Waals surface area contributed by atoms with Gasteiger partial charge in [-0.05, 0) is 47.5 Å². The van der Waals surface area contributed by atoms with Crippen LogP contribution in [-0.2, 0) is 0 Å². The van der Waals surface area contributed by atoms with Gasteiger partial charge in [0.2, 0.25) is 0 Å². The largest absolute Gasteiger partial charge is 0.354 e. The summed E-state index contributed by atoms with van der Waals surface area (Å²) in [6, 6.07) is 37.3. The minimum absolute atomic E-state index is 1.04. The highest BCUT2D eigenvalue weighted by atomic mass is 15.0. The highest BCUT2D eigenvalue weighted by molar-refractivity contribution is 5.79. The van der Waals surface area contributed by atoms with Crippen molar-refractivity contribution >= 4 is 22.7 Å². The van der Waals surface area contributed by atoms with Crippen molar-refractivity contribution < 1.29 is 0 Å². The van der Waals surface area contributed by atoms with Gasteiger partial charge in [0.1, 0.15) is 0 Å². The Hall–Kier alpha value is -3.52. The van der Waals surface area contributed by atoms with Crippen molar-refractivity contribution in [3.05, 3.63) is 109 Å². The molecule has 26 heavy (non-hydrogen) atoms. The van der Waals surface area contributed by atoms with E-state index < -0.39 is 0 Å². The number of hydrogen-bond acceptors (Lipinski definition) is 2. The third-order valence-electron chi connectivity index (χ3n) is 4.23. The molecule has 0 amide bonds. The van der Waals surface area contributed by atoms with Gasteiger partial charge in [-0.15, -0.1) is 0 Å². The molecule has 0 aliphatic heterocycles. The summed E-state index contributed by atoms with van der Waals surface area (Å²) in [7, 11) is 0. The van der Waals surface area contributed by atoms with Gasteiger partial charge in [-0.1, -0.05) is 72.8 Å². The first kappa shape index (κ1) is 16.0. The van der Waals surface area contributed by atoms with Crippen LogP contribution in [0.25, 0.3) is 11.1 Å². The Bertz CT molecular complexity index is 979. The minimum atomic E-state index is 1.04. The highest BCUT2D eigenvalue weighted by Gasteiger charge is 2.04. The quantitative estimate of drug-likeness (QED) is 0.417. The summed E-state index contributed by atoms with van der Waals surface area (Å²) in [6.45, 7) is 0. The van der Waals surface area contributed by atoms with E-state index in [1.165, 1.54) is 11.1 Å². The fraction of sp³-hybridized carbons (Fsp3) is 0. The van der Waals surface area contributed by atoms with E-state index in [9.17, 15) is 0 Å². The Kier molecular flexibility index (Phi) is 4.66. The molecule has 0 unspecified atom stereocenters. The first-order valence-corrected chi connectivity index (χ1v) is 8.72. The van der Waals surface area contributed by atoms with Crippen LogP contribution in [0.5, 0.6) is 0 Å². The molecule has 2 heteroatoms. The molecule has 0 saturated carbocycles. The molecule has 0 aliphatic carbocycles. The van der Waals surface area contributed by atoms with Gasteiger partial charge in [0, 0.05) is 11.4 Å². The number of hydrogen-bond donors (Lipinski definition) is 2. The second kappa shape index (κ2) is 7.58. The summed E-state index contributed by atoms with van der Waals surface area (Å²) >= 11 is 0. The maximum Gasteiger partial charge on any atom is 0.0623 e. The number of para-hydroxylation sites is 3. The van der Waals surface area contributed by atoms with Gasteiger partial charge in [-0.2, -0.15) is 0 Å². The number of anilines is 4. The van der Waals surface area contributed by atoms with Crippen LogP contribution in [0.1, 0.15) is 0 Å². The molecule has 0 spiro atoms. The van der Waals surface area contributed by atoms with Gasteiger partial charge < -0.3 is 10.6 Å². The smallest absolute Gasteiger partial charge is 0.0623 e. The lowest BCUT2D eigenvalue weighted by Gasteiger charge is -2.14. The average molecular weight is 336 g/mol. The van der Waals surface area contributed by atoms with Crippen molar-refractivity contribution in [2.75, 3.05) is 10.6 Å². The van der Waals surface area contributed by atoms with E-state index in [1.807, 2.05) is 36.4 Å². The molecule has 2 N–H and O–H groups in total. The Morgan fingerprint density at radius 2 is 0.885 bits per heavy atom. The van der Waals surface area contributed by atoms with Crippen molar-refractivity contribution in [3.8, 4) is 11.1 Å². The van der Waals surface area contributed by atoms with Crippen LogP contribution in [0.2, 0.25) is 0 Å². The summed E-state index contributed by atoms with van der Waals surface area (Å²) in [5, 5.41) is 7.02. The molecule has 126 valence electrons. The van der Waals surface area contributed by atoms with Crippen molar-refractivity contribution in [1.82, 2.24) is 0 Å². The summed E-state index contributed by atoms with van der Waals surface area (Å²) in [5.41, 5.74) is 6.63. The first-order chi connectivity index (χ1) is 12.9. The minimum Gasteiger partial charge on any atom is -0.354 e. The Morgan fingerprint density at radius 3 is 1.58 bits per heavy atom. The van der Waals surface area contributed by atoms with Crippen LogP contribution in [0.4, 0.5) is 22.7 Å². The molecule has 0 bridgehead atoms. The molecule has 0 heterocycles. The maximum absolute atomic E-state index is 3.54. The first-order valence-electron chi connectivity index (χ1n) is 8.72. The van der Waals surface area contributed by atoms with Gasteiger partial charge in [-0.25, -0.2) is 0 Å². The van der Waals surface area contributed by atoms with Gasteiger partial charge in [-0.3, -0.25) is 0 Å². The fourth-order valence-corrected chi connectivity index (χ4v) is 2.94. The molecular formula is C24H20N2. The third-order valence-corrected chi connectivity index (χ3v) is 4.23. The molecule has 0 aromatic heterocycles. The summed E-state index contributed by atoms with van der Waals surface area (Å²) in [5.74, 6) is 0. The molecule has 0 radical (unpaired) electrons. The molecule has 2 nitrogen and oxygen atoms in total. The second-order valence-electron chi connectivity index (χ2n) is 6.11. The Balaban J connectivity index is 1.60. The summed E-state index contributed by atoms with van der Waals surface area (Å²) in [4.78, 5) is 0. The Labute approximate surface area is 154 Å². The van der Waals surface area contributed by atoms with Crippen LogP contribution < -0.4 is 10.6 Å². The monoisotopic (exact) mass is 336 g/mol. The Morgan fingerprint density at radius 1 is 0.385 bits per heavy atom. The summed E-state index contributed by atoms with van der Waals surface area (Å²) in [6.07, 6.45) is 0. The molecule has 0 atom stereocenters. The molecule has 4 aromatic rings. The standard InChI is InChI=1S/C24H20N2/c1-3-10-19(11-4-1)20-12-9-15-22(18-20)26-24-17-8-7-16-23(24)25-21-13-5-2-6-14-21/h1-18,25-26H. The zero-order valence-electron chi connectivity index (χ0n) is 14.4. The van der Waals surface area contributed by atoms with E-state index in [0.717, 1.165) is 22.7 Å². The molecule has 0 aliphatic rings.